The molecule has 0 amide bonds. The monoisotopic (exact) mass is 333 g/mol. The number of nitro groups is 1. The summed E-state index contributed by atoms with van der Waals surface area (Å²) in [5.41, 5.74) is 1.25. The molecule has 0 aliphatic heterocycles. The lowest BCUT2D eigenvalue weighted by atomic mass is 10.1. The first-order valence-corrected chi connectivity index (χ1v) is 7.08. The highest BCUT2D eigenvalue weighted by molar-refractivity contribution is 6.31. The average Bonchev–Trinajstić information content (AvgIpc) is 2.51. The SMILES string of the molecule is CN(Cc1ccc(C#N)cc1F)Cc1cc([N+](=O)[O-])ccc1Cl. The Labute approximate surface area is 137 Å². The first kappa shape index (κ1) is 16.9. The molecule has 0 heterocycles. The lowest BCUT2D eigenvalue weighted by Crippen LogP contribution is -2.18. The van der Waals surface area contributed by atoms with Crippen molar-refractivity contribution >= 4 is 17.3 Å². The van der Waals surface area contributed by atoms with Gasteiger partial charge in [-0.2, -0.15) is 5.26 Å². The van der Waals surface area contributed by atoms with Gasteiger partial charge < -0.3 is 0 Å². The number of hydrogen-bond acceptors (Lipinski definition) is 4. The Kier molecular flexibility index (Phi) is 5.27. The van der Waals surface area contributed by atoms with Crippen molar-refractivity contribution in [3.8, 4) is 6.07 Å². The van der Waals surface area contributed by atoms with Gasteiger partial charge in [-0.05, 0) is 30.8 Å². The van der Waals surface area contributed by atoms with Gasteiger partial charge in [0.1, 0.15) is 5.82 Å². The molecule has 0 unspecified atom stereocenters. The van der Waals surface area contributed by atoms with Crippen molar-refractivity contribution in [2.75, 3.05) is 7.05 Å². The Hall–Kier alpha value is -2.49. The Morgan fingerprint density at radius 1 is 1.26 bits per heavy atom. The molecule has 0 bridgehead atoms. The van der Waals surface area contributed by atoms with Crippen LogP contribution in [0.1, 0.15) is 16.7 Å². The van der Waals surface area contributed by atoms with Crippen molar-refractivity contribution in [2.45, 2.75) is 13.1 Å². The number of rotatable bonds is 5. The van der Waals surface area contributed by atoms with Crippen molar-refractivity contribution < 1.29 is 9.31 Å². The molecule has 2 aromatic rings. The van der Waals surface area contributed by atoms with Crippen molar-refractivity contribution in [3.63, 3.8) is 0 Å². The van der Waals surface area contributed by atoms with E-state index in [0.717, 1.165) is 0 Å². The standard InChI is InChI=1S/C16H13ClFN3O2/c1-20(9-12-3-2-11(8-19)6-16(12)18)10-13-7-14(21(22)23)4-5-15(13)17/h2-7H,9-10H2,1H3. The van der Waals surface area contributed by atoms with E-state index in [0.29, 0.717) is 22.7 Å². The summed E-state index contributed by atoms with van der Waals surface area (Å²) in [6.45, 7) is 0.622. The predicted octanol–water partition coefficient (Wildman–Crippen LogP) is 3.89. The van der Waals surface area contributed by atoms with Gasteiger partial charge in [0.05, 0.1) is 16.6 Å². The molecule has 5 nitrogen and oxygen atoms in total. The zero-order chi connectivity index (χ0) is 17.0. The second-order valence-electron chi connectivity index (χ2n) is 5.12. The fourth-order valence-electron chi connectivity index (χ4n) is 2.18. The number of hydrogen-bond donors (Lipinski definition) is 0. The van der Waals surface area contributed by atoms with Gasteiger partial charge in [0.25, 0.3) is 5.69 Å². The first-order chi connectivity index (χ1) is 10.9. The van der Waals surface area contributed by atoms with Crippen molar-refractivity contribution in [1.82, 2.24) is 4.90 Å². The van der Waals surface area contributed by atoms with E-state index in [4.69, 9.17) is 16.9 Å². The number of halogens is 2. The Morgan fingerprint density at radius 2 is 1.96 bits per heavy atom. The summed E-state index contributed by atoms with van der Waals surface area (Å²) in [6.07, 6.45) is 0. The van der Waals surface area contributed by atoms with Crippen LogP contribution in [0.5, 0.6) is 0 Å². The molecule has 0 fully saturated rings. The van der Waals surface area contributed by atoms with Gasteiger partial charge in [-0.1, -0.05) is 17.7 Å². The zero-order valence-electron chi connectivity index (χ0n) is 12.3. The lowest BCUT2D eigenvalue weighted by molar-refractivity contribution is -0.384. The zero-order valence-corrected chi connectivity index (χ0v) is 13.0. The molecule has 0 atom stereocenters. The van der Waals surface area contributed by atoms with Crippen LogP contribution in [0.3, 0.4) is 0 Å². The van der Waals surface area contributed by atoms with Crippen molar-refractivity contribution in [3.05, 3.63) is 74.0 Å². The highest BCUT2D eigenvalue weighted by atomic mass is 35.5. The number of nitriles is 1. The summed E-state index contributed by atoms with van der Waals surface area (Å²) < 4.78 is 13.9. The molecule has 2 aromatic carbocycles. The Bertz CT molecular complexity index is 789. The number of nitrogens with zero attached hydrogens (tertiary/aromatic N) is 3. The fraction of sp³-hybridized carbons (Fsp3) is 0.188. The second-order valence-corrected chi connectivity index (χ2v) is 5.53. The summed E-state index contributed by atoms with van der Waals surface area (Å²) in [4.78, 5) is 12.1. The fourth-order valence-corrected chi connectivity index (χ4v) is 2.36. The van der Waals surface area contributed by atoms with Crippen LogP contribution in [0.15, 0.2) is 36.4 Å². The number of nitro benzene ring substituents is 1. The van der Waals surface area contributed by atoms with E-state index in [9.17, 15) is 14.5 Å². The summed E-state index contributed by atoms with van der Waals surface area (Å²) in [5.74, 6) is -0.457. The van der Waals surface area contributed by atoms with E-state index >= 15 is 0 Å². The molecule has 2 rings (SSSR count). The molecule has 23 heavy (non-hydrogen) atoms. The van der Waals surface area contributed by atoms with Crippen LogP contribution in [0.4, 0.5) is 10.1 Å². The van der Waals surface area contributed by atoms with Crippen LogP contribution in [-0.4, -0.2) is 16.9 Å². The molecule has 0 radical (unpaired) electrons. The normalized spacial score (nSPS) is 10.6. The van der Waals surface area contributed by atoms with Gasteiger partial charge in [-0.3, -0.25) is 15.0 Å². The molecular weight excluding hydrogens is 321 g/mol. The summed E-state index contributed by atoms with van der Waals surface area (Å²) in [7, 11) is 1.76. The Balaban J connectivity index is 2.14. The second kappa shape index (κ2) is 7.18. The van der Waals surface area contributed by atoms with E-state index in [2.05, 4.69) is 0 Å². The highest BCUT2D eigenvalue weighted by Crippen LogP contribution is 2.24. The maximum absolute atomic E-state index is 13.9. The molecule has 7 heteroatoms. The third-order valence-electron chi connectivity index (χ3n) is 3.30. The summed E-state index contributed by atoms with van der Waals surface area (Å²) in [6, 6.07) is 10.4. The quantitative estimate of drug-likeness (QED) is 0.614. The van der Waals surface area contributed by atoms with Crippen molar-refractivity contribution in [1.29, 1.82) is 5.26 Å². The molecule has 0 N–H and O–H groups in total. The minimum absolute atomic E-state index is 0.0395. The van der Waals surface area contributed by atoms with Crippen molar-refractivity contribution in [2.24, 2.45) is 0 Å². The van der Waals surface area contributed by atoms with Gasteiger partial charge in [-0.15, -0.1) is 0 Å². The molecule has 0 aliphatic rings. The minimum Gasteiger partial charge on any atom is -0.298 e. The van der Waals surface area contributed by atoms with E-state index in [-0.39, 0.29) is 17.8 Å². The minimum atomic E-state index is -0.486. The molecule has 0 spiro atoms. The third kappa shape index (κ3) is 4.25. The van der Waals surface area contributed by atoms with E-state index in [1.165, 1.54) is 24.3 Å². The van der Waals surface area contributed by atoms with E-state index in [1.54, 1.807) is 24.1 Å². The number of non-ortho nitro benzene ring substituents is 1. The molecular formula is C16H13ClFN3O2. The van der Waals surface area contributed by atoms with Gasteiger partial charge in [-0.25, -0.2) is 4.39 Å². The summed E-state index contributed by atoms with van der Waals surface area (Å²) in [5, 5.41) is 20.0. The maximum Gasteiger partial charge on any atom is 0.269 e. The molecule has 0 saturated carbocycles. The van der Waals surface area contributed by atoms with Gasteiger partial charge in [0.2, 0.25) is 0 Å². The van der Waals surface area contributed by atoms with Crippen LogP contribution in [0, 0.1) is 27.3 Å². The summed E-state index contributed by atoms with van der Waals surface area (Å²) >= 11 is 6.06. The molecule has 0 saturated heterocycles. The van der Waals surface area contributed by atoms with Gasteiger partial charge in [0.15, 0.2) is 0 Å². The highest BCUT2D eigenvalue weighted by Gasteiger charge is 2.13. The largest absolute Gasteiger partial charge is 0.298 e. The topological polar surface area (TPSA) is 70.2 Å². The van der Waals surface area contributed by atoms with Crippen LogP contribution in [0.2, 0.25) is 5.02 Å². The van der Waals surface area contributed by atoms with Gasteiger partial charge >= 0.3 is 0 Å². The average molecular weight is 334 g/mol. The molecule has 0 aromatic heterocycles. The molecule has 0 aliphatic carbocycles. The molecule has 118 valence electrons. The van der Waals surface area contributed by atoms with Crippen LogP contribution in [0.25, 0.3) is 0 Å². The van der Waals surface area contributed by atoms with Gasteiger partial charge in [0, 0.05) is 35.8 Å². The third-order valence-corrected chi connectivity index (χ3v) is 3.67. The smallest absolute Gasteiger partial charge is 0.269 e. The maximum atomic E-state index is 13.9. The lowest BCUT2D eigenvalue weighted by Gasteiger charge is -2.18. The Morgan fingerprint density at radius 3 is 2.57 bits per heavy atom. The van der Waals surface area contributed by atoms with Crippen LogP contribution in [-0.2, 0) is 13.1 Å². The van der Waals surface area contributed by atoms with Crippen LogP contribution < -0.4 is 0 Å². The van der Waals surface area contributed by atoms with E-state index in [1.807, 2.05) is 6.07 Å². The number of benzene rings is 2. The van der Waals surface area contributed by atoms with Crippen LogP contribution >= 0.6 is 11.6 Å². The first-order valence-electron chi connectivity index (χ1n) is 6.70. The predicted molar refractivity (Wildman–Crippen MR) is 84.4 cm³/mol. The van der Waals surface area contributed by atoms with E-state index < -0.39 is 10.7 Å².